The van der Waals surface area contributed by atoms with Gasteiger partial charge in [-0.1, -0.05) is 5.16 Å². The Balaban J connectivity index is 1.73. The van der Waals surface area contributed by atoms with Gasteiger partial charge in [0.15, 0.2) is 5.82 Å². The molecule has 8 heteroatoms. The topological polar surface area (TPSA) is 81.4 Å². The van der Waals surface area contributed by atoms with Crippen molar-refractivity contribution < 1.29 is 18.4 Å². The Labute approximate surface area is 142 Å². The molecule has 1 saturated heterocycles. The van der Waals surface area contributed by atoms with Crippen LogP contribution in [0.3, 0.4) is 0 Å². The number of halogens is 1. The molecule has 0 radical (unpaired) electrons. The maximum Gasteiger partial charge on any atom is 0.256 e. The molecular weight excluding hydrogens is 327 g/mol. The summed E-state index contributed by atoms with van der Waals surface area (Å²) in [4.78, 5) is 23.2. The second-order valence-corrected chi connectivity index (χ2v) is 5.84. The molecule has 4 rings (SSSR count). The number of carbonyl (C=O) groups is 1. The number of hydrogen-bond acceptors (Lipinski definition) is 6. The second kappa shape index (κ2) is 6.21. The Kier molecular flexibility index (Phi) is 3.89. The van der Waals surface area contributed by atoms with E-state index in [1.807, 2.05) is 0 Å². The Morgan fingerprint density at radius 1 is 1.36 bits per heavy atom. The van der Waals surface area contributed by atoms with E-state index in [2.05, 4.69) is 15.1 Å². The van der Waals surface area contributed by atoms with E-state index < -0.39 is 6.04 Å². The fourth-order valence-corrected chi connectivity index (χ4v) is 2.99. The molecule has 2 aromatic heterocycles. The van der Waals surface area contributed by atoms with Crippen molar-refractivity contribution in [2.24, 2.45) is 0 Å². The monoisotopic (exact) mass is 342 g/mol. The Morgan fingerprint density at radius 3 is 3.04 bits per heavy atom. The van der Waals surface area contributed by atoms with Crippen LogP contribution < -0.4 is 0 Å². The molecule has 0 N–H and O–H groups in total. The van der Waals surface area contributed by atoms with Gasteiger partial charge in [-0.15, -0.1) is 0 Å². The number of aromatic nitrogens is 3. The molecule has 0 aliphatic carbocycles. The first-order valence-corrected chi connectivity index (χ1v) is 7.85. The lowest BCUT2D eigenvalue weighted by atomic mass is 10.1. The molecule has 128 valence electrons. The highest BCUT2D eigenvalue weighted by Crippen LogP contribution is 2.26. The summed E-state index contributed by atoms with van der Waals surface area (Å²) in [7, 11) is 0. The molecule has 1 aliphatic heterocycles. The molecule has 7 nitrogen and oxygen atoms in total. The predicted molar refractivity (Wildman–Crippen MR) is 85.3 cm³/mol. The Hall–Kier alpha value is -2.87. The van der Waals surface area contributed by atoms with E-state index in [0.717, 1.165) is 0 Å². The molecule has 0 unspecified atom stereocenters. The number of carbonyl (C=O) groups excluding carboxylic acids is 1. The van der Waals surface area contributed by atoms with Crippen LogP contribution in [0.4, 0.5) is 4.39 Å². The minimum Gasteiger partial charge on any atom is -0.377 e. The summed E-state index contributed by atoms with van der Waals surface area (Å²) in [5.41, 5.74) is 1.53. The second-order valence-electron chi connectivity index (χ2n) is 5.84. The Bertz CT molecular complexity index is 929. The number of pyridine rings is 1. The van der Waals surface area contributed by atoms with Crippen LogP contribution >= 0.6 is 0 Å². The largest absolute Gasteiger partial charge is 0.377 e. The van der Waals surface area contributed by atoms with Crippen LogP contribution in [0, 0.1) is 12.7 Å². The Morgan fingerprint density at radius 2 is 2.24 bits per heavy atom. The smallest absolute Gasteiger partial charge is 0.256 e. The van der Waals surface area contributed by atoms with Crippen LogP contribution in [-0.4, -0.2) is 45.7 Å². The third-order valence-corrected chi connectivity index (χ3v) is 4.27. The van der Waals surface area contributed by atoms with Crippen LogP contribution in [0.15, 0.2) is 35.2 Å². The maximum absolute atomic E-state index is 13.4. The number of ether oxygens (including phenoxy) is 1. The molecule has 1 aromatic carbocycles. The van der Waals surface area contributed by atoms with E-state index in [4.69, 9.17) is 9.26 Å². The molecule has 1 atom stereocenters. The number of benzene rings is 1. The van der Waals surface area contributed by atoms with Crippen molar-refractivity contribution >= 4 is 16.8 Å². The van der Waals surface area contributed by atoms with Crippen molar-refractivity contribution in [3.63, 3.8) is 0 Å². The number of hydrogen-bond donors (Lipinski definition) is 0. The molecule has 0 saturated carbocycles. The predicted octanol–water partition coefficient (Wildman–Crippen LogP) is 2.28. The molecular formula is C17H15FN4O3. The average Bonchev–Trinajstić information content (AvgIpc) is 3.15. The number of nitrogens with zero attached hydrogens (tertiary/aromatic N) is 4. The highest BCUT2D eigenvalue weighted by molar-refractivity contribution is 5.98. The van der Waals surface area contributed by atoms with Gasteiger partial charge in [-0.2, -0.15) is 4.98 Å². The third kappa shape index (κ3) is 2.85. The molecule has 25 heavy (non-hydrogen) atoms. The van der Waals surface area contributed by atoms with Gasteiger partial charge in [-0.05, 0) is 25.1 Å². The van der Waals surface area contributed by atoms with Gasteiger partial charge in [0.25, 0.3) is 5.91 Å². The van der Waals surface area contributed by atoms with Gasteiger partial charge < -0.3 is 14.2 Å². The van der Waals surface area contributed by atoms with E-state index >= 15 is 0 Å². The summed E-state index contributed by atoms with van der Waals surface area (Å²) < 4.78 is 23.6. The normalized spacial score (nSPS) is 17.8. The van der Waals surface area contributed by atoms with E-state index in [1.54, 1.807) is 24.0 Å². The lowest BCUT2D eigenvalue weighted by Crippen LogP contribution is -2.44. The molecule has 1 amide bonds. The molecule has 0 spiro atoms. The first-order chi connectivity index (χ1) is 12.1. The van der Waals surface area contributed by atoms with Crippen molar-refractivity contribution in [1.29, 1.82) is 0 Å². The molecule has 0 bridgehead atoms. The van der Waals surface area contributed by atoms with E-state index in [-0.39, 0.29) is 11.7 Å². The van der Waals surface area contributed by atoms with Gasteiger partial charge >= 0.3 is 0 Å². The van der Waals surface area contributed by atoms with Crippen molar-refractivity contribution in [1.82, 2.24) is 20.0 Å². The van der Waals surface area contributed by atoms with E-state index in [0.29, 0.717) is 47.7 Å². The third-order valence-electron chi connectivity index (χ3n) is 4.27. The lowest BCUT2D eigenvalue weighted by Gasteiger charge is -2.34. The quantitative estimate of drug-likeness (QED) is 0.711. The highest BCUT2D eigenvalue weighted by Gasteiger charge is 2.33. The van der Waals surface area contributed by atoms with Crippen molar-refractivity contribution in [2.75, 3.05) is 19.8 Å². The SMILES string of the molecule is Cc1nc2cc(F)ccc2cc1C(=O)N1CCOC[C@@H]1c1ncon1. The van der Waals surface area contributed by atoms with Gasteiger partial charge in [0.05, 0.1) is 30.0 Å². The standard InChI is InChI=1S/C17H15FN4O3/c1-10-13(6-11-2-3-12(18)7-14(11)20-10)17(23)22-4-5-24-8-15(22)16-19-9-25-21-16/h2-3,6-7,9,15H,4-5,8H2,1H3/t15-/m1/s1. The first-order valence-electron chi connectivity index (χ1n) is 7.85. The highest BCUT2D eigenvalue weighted by atomic mass is 19.1. The summed E-state index contributed by atoms with van der Waals surface area (Å²) in [5, 5.41) is 4.54. The molecule has 3 heterocycles. The van der Waals surface area contributed by atoms with Crippen LogP contribution in [0.25, 0.3) is 10.9 Å². The van der Waals surface area contributed by atoms with E-state index in [1.165, 1.54) is 18.5 Å². The number of amides is 1. The summed E-state index contributed by atoms with van der Waals surface area (Å²) in [6.45, 7) is 2.89. The number of aryl methyl sites for hydroxylation is 1. The zero-order valence-corrected chi connectivity index (χ0v) is 13.5. The van der Waals surface area contributed by atoms with Gasteiger partial charge in [0, 0.05) is 18.0 Å². The summed E-state index contributed by atoms with van der Waals surface area (Å²) in [5.74, 6) is -0.139. The van der Waals surface area contributed by atoms with Crippen molar-refractivity contribution in [2.45, 2.75) is 13.0 Å². The molecule has 1 fully saturated rings. The zero-order valence-electron chi connectivity index (χ0n) is 13.5. The van der Waals surface area contributed by atoms with Gasteiger partial charge in [-0.3, -0.25) is 9.78 Å². The van der Waals surface area contributed by atoms with Gasteiger partial charge in [0.2, 0.25) is 6.39 Å². The first kappa shape index (κ1) is 15.6. The summed E-state index contributed by atoms with van der Waals surface area (Å²) >= 11 is 0. The number of fused-ring (bicyclic) bond motifs is 1. The van der Waals surface area contributed by atoms with Crippen molar-refractivity contribution in [3.05, 3.63) is 53.6 Å². The average molecular weight is 342 g/mol. The molecule has 3 aromatic rings. The zero-order chi connectivity index (χ0) is 17.4. The fourth-order valence-electron chi connectivity index (χ4n) is 2.99. The van der Waals surface area contributed by atoms with Gasteiger partial charge in [0.1, 0.15) is 11.9 Å². The summed E-state index contributed by atoms with van der Waals surface area (Å²) in [6, 6.07) is 5.65. The van der Waals surface area contributed by atoms with Crippen molar-refractivity contribution in [3.8, 4) is 0 Å². The minimum absolute atomic E-state index is 0.186. The fraction of sp³-hybridized carbons (Fsp3) is 0.294. The van der Waals surface area contributed by atoms with Crippen LogP contribution in [-0.2, 0) is 4.74 Å². The van der Waals surface area contributed by atoms with Gasteiger partial charge in [-0.25, -0.2) is 4.39 Å². The van der Waals surface area contributed by atoms with Crippen LogP contribution in [0.5, 0.6) is 0 Å². The number of morpholine rings is 1. The molecule has 1 aliphatic rings. The van der Waals surface area contributed by atoms with Crippen LogP contribution in [0.1, 0.15) is 27.9 Å². The maximum atomic E-state index is 13.4. The summed E-state index contributed by atoms with van der Waals surface area (Å²) in [6.07, 6.45) is 1.23. The lowest BCUT2D eigenvalue weighted by molar-refractivity contribution is -0.00582. The number of rotatable bonds is 2. The minimum atomic E-state index is -0.414. The van der Waals surface area contributed by atoms with Crippen LogP contribution in [0.2, 0.25) is 0 Å². The van der Waals surface area contributed by atoms with E-state index in [9.17, 15) is 9.18 Å².